The first-order valence-corrected chi connectivity index (χ1v) is 6.29. The Labute approximate surface area is 118 Å². The fraction of sp³-hybridized carbons (Fsp3) is 0.182. The molecule has 1 aromatic carbocycles. The lowest BCUT2D eigenvalue weighted by atomic mass is 10.3. The molecular weight excluding hydrogens is 345 g/mol. The van der Waals surface area contributed by atoms with Crippen molar-refractivity contribution >= 4 is 40.2 Å². The Hall–Kier alpha value is -1.64. The first kappa shape index (κ1) is 12.8. The molecule has 1 heterocycles. The number of benzene rings is 1. The quantitative estimate of drug-likeness (QED) is 0.818. The highest BCUT2D eigenvalue weighted by Crippen LogP contribution is 2.18. The van der Waals surface area contributed by atoms with Crippen molar-refractivity contribution in [1.82, 2.24) is 15.0 Å². The summed E-state index contributed by atoms with van der Waals surface area (Å²) in [6.45, 7) is 0. The first-order chi connectivity index (χ1) is 8.71. The number of hydrogen-bond acceptors (Lipinski definition) is 6. The van der Waals surface area contributed by atoms with Gasteiger partial charge in [0.15, 0.2) is 0 Å². The van der Waals surface area contributed by atoms with Crippen LogP contribution in [-0.4, -0.2) is 29.1 Å². The fourth-order valence-electron chi connectivity index (χ4n) is 1.31. The summed E-state index contributed by atoms with van der Waals surface area (Å²) in [4.78, 5) is 12.4. The van der Waals surface area contributed by atoms with Crippen LogP contribution in [0.5, 0.6) is 6.01 Å². The molecular formula is C11H12IN5O. The molecule has 0 aliphatic heterocycles. The van der Waals surface area contributed by atoms with Gasteiger partial charge in [0.05, 0.1) is 7.11 Å². The molecule has 0 saturated heterocycles. The highest BCUT2D eigenvalue weighted by molar-refractivity contribution is 14.1. The maximum absolute atomic E-state index is 5.02. The molecule has 0 unspecified atom stereocenters. The SMILES string of the molecule is CNc1nc(Nc2cccc(I)c2)nc(OC)n1. The molecule has 0 radical (unpaired) electrons. The molecule has 18 heavy (non-hydrogen) atoms. The maximum Gasteiger partial charge on any atom is 0.322 e. The van der Waals surface area contributed by atoms with E-state index >= 15 is 0 Å². The van der Waals surface area contributed by atoms with E-state index in [9.17, 15) is 0 Å². The first-order valence-electron chi connectivity index (χ1n) is 5.21. The van der Waals surface area contributed by atoms with Crippen molar-refractivity contribution in [2.45, 2.75) is 0 Å². The summed E-state index contributed by atoms with van der Waals surface area (Å²) in [5.41, 5.74) is 0.914. The van der Waals surface area contributed by atoms with Gasteiger partial charge in [-0.2, -0.15) is 15.0 Å². The smallest absolute Gasteiger partial charge is 0.322 e. The molecule has 0 atom stereocenters. The van der Waals surface area contributed by atoms with Crippen LogP contribution in [0.3, 0.4) is 0 Å². The van der Waals surface area contributed by atoms with Gasteiger partial charge in [-0.3, -0.25) is 0 Å². The normalized spacial score (nSPS) is 9.94. The second kappa shape index (κ2) is 5.80. The van der Waals surface area contributed by atoms with Crippen molar-refractivity contribution < 1.29 is 4.74 Å². The van der Waals surface area contributed by atoms with Gasteiger partial charge in [-0.05, 0) is 40.8 Å². The van der Waals surface area contributed by atoms with Crippen molar-refractivity contribution in [3.8, 4) is 6.01 Å². The second-order valence-electron chi connectivity index (χ2n) is 3.35. The number of methoxy groups -OCH3 is 1. The van der Waals surface area contributed by atoms with Crippen LogP contribution in [0.25, 0.3) is 0 Å². The van der Waals surface area contributed by atoms with E-state index < -0.39 is 0 Å². The van der Waals surface area contributed by atoms with E-state index in [1.807, 2.05) is 24.3 Å². The summed E-state index contributed by atoms with van der Waals surface area (Å²) in [5, 5.41) is 5.96. The van der Waals surface area contributed by atoms with Gasteiger partial charge in [0.2, 0.25) is 11.9 Å². The van der Waals surface area contributed by atoms with Crippen LogP contribution in [-0.2, 0) is 0 Å². The summed E-state index contributed by atoms with van der Waals surface area (Å²) in [6, 6.07) is 8.18. The summed E-state index contributed by atoms with van der Waals surface area (Å²) < 4.78 is 6.15. The van der Waals surface area contributed by atoms with Crippen LogP contribution in [0.4, 0.5) is 17.6 Å². The number of aromatic nitrogens is 3. The molecule has 1 aromatic heterocycles. The standard InChI is InChI=1S/C11H12IN5O/c1-13-9-15-10(17-11(16-9)18-2)14-8-5-3-4-7(12)6-8/h3-6H,1-2H3,(H2,13,14,15,16,17). The molecule has 0 aliphatic carbocycles. The predicted molar refractivity (Wildman–Crippen MR) is 78.4 cm³/mol. The van der Waals surface area contributed by atoms with Crippen LogP contribution in [0.15, 0.2) is 24.3 Å². The van der Waals surface area contributed by atoms with E-state index in [4.69, 9.17) is 4.74 Å². The van der Waals surface area contributed by atoms with Gasteiger partial charge < -0.3 is 15.4 Å². The van der Waals surface area contributed by atoms with E-state index in [2.05, 4.69) is 48.2 Å². The predicted octanol–water partition coefficient (Wildman–Crippen LogP) is 2.27. The number of nitrogens with zero attached hydrogens (tertiary/aromatic N) is 3. The number of hydrogen-bond donors (Lipinski definition) is 2. The molecule has 0 saturated carbocycles. The minimum absolute atomic E-state index is 0.266. The minimum atomic E-state index is 0.266. The van der Waals surface area contributed by atoms with Gasteiger partial charge >= 0.3 is 6.01 Å². The van der Waals surface area contributed by atoms with Crippen molar-refractivity contribution in [3.05, 3.63) is 27.8 Å². The molecule has 2 rings (SSSR count). The van der Waals surface area contributed by atoms with Crippen LogP contribution in [0.2, 0.25) is 0 Å². The molecule has 0 amide bonds. The largest absolute Gasteiger partial charge is 0.467 e. The zero-order valence-electron chi connectivity index (χ0n) is 9.94. The summed E-state index contributed by atoms with van der Waals surface area (Å²) in [6.07, 6.45) is 0. The molecule has 0 aliphatic rings. The maximum atomic E-state index is 5.02. The Bertz CT molecular complexity index is 526. The fourth-order valence-corrected chi connectivity index (χ4v) is 1.85. The topological polar surface area (TPSA) is 72.0 Å². The van der Waals surface area contributed by atoms with Crippen molar-refractivity contribution in [2.24, 2.45) is 0 Å². The third-order valence-corrected chi connectivity index (χ3v) is 2.77. The summed E-state index contributed by atoms with van der Waals surface area (Å²) in [5.74, 6) is 0.892. The molecule has 6 nitrogen and oxygen atoms in total. The average molecular weight is 357 g/mol. The Morgan fingerprint density at radius 2 is 1.94 bits per heavy atom. The van der Waals surface area contributed by atoms with Crippen molar-refractivity contribution in [2.75, 3.05) is 24.8 Å². The molecule has 94 valence electrons. The number of halogens is 1. The van der Waals surface area contributed by atoms with Crippen molar-refractivity contribution in [3.63, 3.8) is 0 Å². The Balaban J connectivity index is 2.28. The molecule has 2 aromatic rings. The van der Waals surface area contributed by atoms with E-state index in [1.54, 1.807) is 7.05 Å². The van der Waals surface area contributed by atoms with Crippen LogP contribution in [0.1, 0.15) is 0 Å². The number of anilines is 3. The second-order valence-corrected chi connectivity index (χ2v) is 4.60. The lowest BCUT2D eigenvalue weighted by molar-refractivity contribution is 0.379. The summed E-state index contributed by atoms with van der Waals surface area (Å²) in [7, 11) is 3.26. The number of ether oxygens (including phenoxy) is 1. The van der Waals surface area contributed by atoms with E-state index in [0.29, 0.717) is 11.9 Å². The number of rotatable bonds is 4. The lowest BCUT2D eigenvalue weighted by Crippen LogP contribution is -2.05. The Morgan fingerprint density at radius 3 is 2.61 bits per heavy atom. The Morgan fingerprint density at radius 1 is 1.17 bits per heavy atom. The Kier molecular flexibility index (Phi) is 4.13. The highest BCUT2D eigenvalue weighted by atomic mass is 127. The van der Waals surface area contributed by atoms with Gasteiger partial charge in [-0.1, -0.05) is 6.07 Å². The van der Waals surface area contributed by atoms with E-state index in [0.717, 1.165) is 9.26 Å². The van der Waals surface area contributed by atoms with E-state index in [-0.39, 0.29) is 6.01 Å². The monoisotopic (exact) mass is 357 g/mol. The zero-order chi connectivity index (χ0) is 13.0. The van der Waals surface area contributed by atoms with E-state index in [1.165, 1.54) is 7.11 Å². The van der Waals surface area contributed by atoms with Gasteiger partial charge in [-0.25, -0.2) is 0 Å². The summed E-state index contributed by atoms with van der Waals surface area (Å²) >= 11 is 2.25. The lowest BCUT2D eigenvalue weighted by Gasteiger charge is -2.07. The van der Waals surface area contributed by atoms with Gasteiger partial charge in [0.25, 0.3) is 0 Å². The minimum Gasteiger partial charge on any atom is -0.467 e. The highest BCUT2D eigenvalue weighted by Gasteiger charge is 2.05. The van der Waals surface area contributed by atoms with Crippen LogP contribution < -0.4 is 15.4 Å². The van der Waals surface area contributed by atoms with Gasteiger partial charge in [0.1, 0.15) is 0 Å². The third kappa shape index (κ3) is 3.19. The van der Waals surface area contributed by atoms with Gasteiger partial charge in [0, 0.05) is 16.3 Å². The van der Waals surface area contributed by atoms with Crippen molar-refractivity contribution in [1.29, 1.82) is 0 Å². The number of nitrogens with one attached hydrogen (secondary N) is 2. The molecule has 7 heteroatoms. The molecule has 2 N–H and O–H groups in total. The molecule has 0 bridgehead atoms. The zero-order valence-corrected chi connectivity index (χ0v) is 12.1. The van der Waals surface area contributed by atoms with Gasteiger partial charge in [-0.15, -0.1) is 0 Å². The average Bonchev–Trinajstić information content (AvgIpc) is 2.38. The third-order valence-electron chi connectivity index (χ3n) is 2.10. The molecule has 0 spiro atoms. The van der Waals surface area contributed by atoms with Crippen LogP contribution in [0, 0.1) is 3.57 Å². The molecule has 0 fully saturated rings. The van der Waals surface area contributed by atoms with Crippen LogP contribution >= 0.6 is 22.6 Å².